The summed E-state index contributed by atoms with van der Waals surface area (Å²) in [5, 5.41) is 10.8. The second-order valence-corrected chi connectivity index (χ2v) is 7.03. The Morgan fingerprint density at radius 1 is 0.966 bits per heavy atom. The topological polar surface area (TPSA) is 79.8 Å². The minimum Gasteiger partial charge on any atom is -0.451 e. The average Bonchev–Trinajstić information content (AvgIpc) is 3.24. The van der Waals surface area contributed by atoms with Gasteiger partial charge in [0.2, 0.25) is 0 Å². The van der Waals surface area contributed by atoms with Gasteiger partial charge in [0.1, 0.15) is 5.76 Å². The fraction of sp³-hybridized carbons (Fsp3) is 0.227. The van der Waals surface area contributed by atoms with Crippen molar-refractivity contribution < 1.29 is 14.1 Å². The van der Waals surface area contributed by atoms with Crippen LogP contribution in [0.5, 0.6) is 0 Å². The summed E-state index contributed by atoms with van der Waals surface area (Å²) in [4.78, 5) is 27.2. The smallest absolute Gasteiger partial charge is 0.289 e. The maximum Gasteiger partial charge on any atom is 0.289 e. The minimum atomic E-state index is -0.447. The maximum atomic E-state index is 12.8. The summed E-state index contributed by atoms with van der Waals surface area (Å²) in [5.41, 5.74) is 3.14. The Bertz CT molecular complexity index is 1030. The first-order valence-corrected chi connectivity index (χ1v) is 9.47. The monoisotopic (exact) mass is 391 g/mol. The van der Waals surface area contributed by atoms with Crippen LogP contribution in [0.2, 0.25) is 0 Å². The number of furan rings is 1. The third kappa shape index (κ3) is 3.85. The van der Waals surface area contributed by atoms with Crippen molar-refractivity contribution in [1.82, 2.24) is 4.90 Å². The third-order valence-electron chi connectivity index (χ3n) is 5.20. The van der Waals surface area contributed by atoms with Crippen molar-refractivity contribution in [3.63, 3.8) is 0 Å². The molecule has 7 nitrogen and oxygen atoms in total. The van der Waals surface area contributed by atoms with Gasteiger partial charge in [0.05, 0.1) is 4.92 Å². The molecule has 1 aliphatic rings. The van der Waals surface area contributed by atoms with Crippen LogP contribution in [0.15, 0.2) is 65.1 Å². The minimum absolute atomic E-state index is 0.0168. The van der Waals surface area contributed by atoms with Gasteiger partial charge in [0, 0.05) is 49.6 Å². The lowest BCUT2D eigenvalue weighted by molar-refractivity contribution is -0.384. The molecule has 0 N–H and O–H groups in total. The van der Waals surface area contributed by atoms with Gasteiger partial charge < -0.3 is 14.2 Å². The second kappa shape index (κ2) is 7.79. The van der Waals surface area contributed by atoms with Gasteiger partial charge in [0.25, 0.3) is 11.6 Å². The predicted molar refractivity (Wildman–Crippen MR) is 110 cm³/mol. The fourth-order valence-corrected chi connectivity index (χ4v) is 3.58. The number of carbonyl (C=O) groups excluding carboxylic acids is 1. The SMILES string of the molecule is Cc1ccccc1N1CCN(C(=O)c2ccc(-c3ccc([N+](=O)[O-])cc3)o2)CC1. The van der Waals surface area contributed by atoms with E-state index < -0.39 is 4.92 Å². The highest BCUT2D eigenvalue weighted by Crippen LogP contribution is 2.26. The Balaban J connectivity index is 1.42. The zero-order valence-electron chi connectivity index (χ0n) is 16.1. The molecule has 0 saturated carbocycles. The van der Waals surface area contributed by atoms with Crippen LogP contribution in [0, 0.1) is 17.0 Å². The van der Waals surface area contributed by atoms with Crippen LogP contribution in [-0.2, 0) is 0 Å². The van der Waals surface area contributed by atoms with Crippen LogP contribution < -0.4 is 4.90 Å². The first kappa shape index (κ1) is 18.7. The van der Waals surface area contributed by atoms with Gasteiger partial charge in [-0.3, -0.25) is 14.9 Å². The van der Waals surface area contributed by atoms with E-state index in [1.54, 1.807) is 29.2 Å². The molecule has 0 spiro atoms. The normalized spacial score (nSPS) is 14.1. The number of nitro groups is 1. The number of hydrogen-bond donors (Lipinski definition) is 0. The highest BCUT2D eigenvalue weighted by atomic mass is 16.6. The third-order valence-corrected chi connectivity index (χ3v) is 5.20. The molecular formula is C22H21N3O4. The van der Waals surface area contributed by atoms with Gasteiger partial charge in [-0.25, -0.2) is 0 Å². The van der Waals surface area contributed by atoms with E-state index in [9.17, 15) is 14.9 Å². The quantitative estimate of drug-likeness (QED) is 0.494. The zero-order valence-corrected chi connectivity index (χ0v) is 16.1. The number of rotatable bonds is 4. The molecule has 4 rings (SSSR count). The summed E-state index contributed by atoms with van der Waals surface area (Å²) < 4.78 is 5.74. The molecule has 1 aromatic heterocycles. The van der Waals surface area contributed by atoms with Crippen LogP contribution >= 0.6 is 0 Å². The first-order chi connectivity index (χ1) is 14.0. The number of non-ortho nitro benzene ring substituents is 1. The van der Waals surface area contributed by atoms with E-state index >= 15 is 0 Å². The number of amides is 1. The summed E-state index contributed by atoms with van der Waals surface area (Å²) in [5.74, 6) is 0.659. The molecule has 0 unspecified atom stereocenters. The number of piperazine rings is 1. The Kier molecular flexibility index (Phi) is 5.03. The highest BCUT2D eigenvalue weighted by molar-refractivity contribution is 5.92. The molecule has 29 heavy (non-hydrogen) atoms. The number of carbonyl (C=O) groups is 1. The molecule has 7 heteroatoms. The second-order valence-electron chi connectivity index (χ2n) is 7.03. The Labute approximate surface area is 168 Å². The Morgan fingerprint density at radius 3 is 2.31 bits per heavy atom. The fourth-order valence-electron chi connectivity index (χ4n) is 3.58. The lowest BCUT2D eigenvalue weighted by Gasteiger charge is -2.36. The molecule has 0 bridgehead atoms. The largest absolute Gasteiger partial charge is 0.451 e. The summed E-state index contributed by atoms with van der Waals surface area (Å²) >= 11 is 0. The predicted octanol–water partition coefficient (Wildman–Crippen LogP) is 4.13. The molecule has 0 radical (unpaired) electrons. The highest BCUT2D eigenvalue weighted by Gasteiger charge is 2.25. The van der Waals surface area contributed by atoms with E-state index in [-0.39, 0.29) is 17.4 Å². The van der Waals surface area contributed by atoms with Gasteiger partial charge in [0.15, 0.2) is 5.76 Å². The standard InChI is InChI=1S/C22H21N3O4/c1-16-4-2-3-5-19(16)23-12-14-24(15-13-23)22(26)21-11-10-20(29-21)17-6-8-18(9-7-17)25(27)28/h2-11H,12-15H2,1H3. The van der Waals surface area contributed by atoms with Crippen molar-refractivity contribution >= 4 is 17.3 Å². The zero-order chi connectivity index (χ0) is 20.4. The van der Waals surface area contributed by atoms with E-state index in [0.29, 0.717) is 24.4 Å². The van der Waals surface area contributed by atoms with Crippen LogP contribution in [0.1, 0.15) is 16.1 Å². The molecule has 0 aliphatic carbocycles. The number of aryl methyl sites for hydroxylation is 1. The summed E-state index contributed by atoms with van der Waals surface area (Å²) in [6, 6.07) is 17.7. The molecular weight excluding hydrogens is 370 g/mol. The molecule has 1 amide bonds. The van der Waals surface area contributed by atoms with E-state index in [4.69, 9.17) is 4.42 Å². The van der Waals surface area contributed by atoms with Gasteiger partial charge in [-0.2, -0.15) is 0 Å². The molecule has 2 aromatic carbocycles. The number of hydrogen-bond acceptors (Lipinski definition) is 5. The molecule has 148 valence electrons. The van der Waals surface area contributed by atoms with Gasteiger partial charge >= 0.3 is 0 Å². The van der Waals surface area contributed by atoms with E-state index in [2.05, 4.69) is 24.0 Å². The van der Waals surface area contributed by atoms with E-state index in [1.807, 2.05) is 12.1 Å². The molecule has 1 saturated heterocycles. The van der Waals surface area contributed by atoms with Gasteiger partial charge in [-0.1, -0.05) is 18.2 Å². The van der Waals surface area contributed by atoms with Gasteiger partial charge in [-0.05, 0) is 42.8 Å². The molecule has 1 fully saturated rings. The van der Waals surface area contributed by atoms with Crippen molar-refractivity contribution in [3.8, 4) is 11.3 Å². The Hall–Kier alpha value is -3.61. The molecule has 1 aliphatic heterocycles. The number of benzene rings is 2. The number of nitro benzene ring substituents is 1. The number of anilines is 1. The summed E-state index contributed by atoms with van der Waals surface area (Å²) in [6.45, 7) is 4.88. The van der Waals surface area contributed by atoms with E-state index in [0.717, 1.165) is 13.1 Å². The summed E-state index contributed by atoms with van der Waals surface area (Å²) in [6.07, 6.45) is 0. The van der Waals surface area contributed by atoms with Crippen LogP contribution in [0.25, 0.3) is 11.3 Å². The van der Waals surface area contributed by atoms with Crippen LogP contribution in [0.3, 0.4) is 0 Å². The number of para-hydroxylation sites is 1. The average molecular weight is 391 g/mol. The lowest BCUT2D eigenvalue weighted by atomic mass is 10.1. The molecule has 0 atom stereocenters. The van der Waals surface area contributed by atoms with Gasteiger partial charge in [-0.15, -0.1) is 0 Å². The Morgan fingerprint density at radius 2 is 1.66 bits per heavy atom. The van der Waals surface area contributed by atoms with Crippen LogP contribution in [-0.4, -0.2) is 41.9 Å². The maximum absolute atomic E-state index is 12.8. The van der Waals surface area contributed by atoms with Crippen molar-refractivity contribution in [2.45, 2.75) is 6.92 Å². The van der Waals surface area contributed by atoms with Crippen molar-refractivity contribution in [2.75, 3.05) is 31.1 Å². The lowest BCUT2D eigenvalue weighted by Crippen LogP contribution is -2.48. The number of nitrogens with zero attached hydrogens (tertiary/aromatic N) is 3. The summed E-state index contributed by atoms with van der Waals surface area (Å²) in [7, 11) is 0. The van der Waals surface area contributed by atoms with Crippen molar-refractivity contribution in [2.24, 2.45) is 0 Å². The van der Waals surface area contributed by atoms with Crippen molar-refractivity contribution in [1.29, 1.82) is 0 Å². The van der Waals surface area contributed by atoms with E-state index in [1.165, 1.54) is 23.4 Å². The molecule has 3 aromatic rings. The van der Waals surface area contributed by atoms with Crippen molar-refractivity contribution in [3.05, 3.63) is 82.1 Å². The van der Waals surface area contributed by atoms with Crippen LogP contribution in [0.4, 0.5) is 11.4 Å². The molecule has 2 heterocycles. The first-order valence-electron chi connectivity index (χ1n) is 9.47.